The van der Waals surface area contributed by atoms with Crippen LogP contribution in [0.1, 0.15) is 25.0 Å². The van der Waals surface area contributed by atoms with E-state index in [9.17, 15) is 0 Å². The van der Waals surface area contributed by atoms with E-state index in [0.29, 0.717) is 6.04 Å². The number of hydrogen-bond donors (Lipinski definition) is 1. The van der Waals surface area contributed by atoms with Gasteiger partial charge in [-0.2, -0.15) is 0 Å². The Morgan fingerprint density at radius 3 is 2.82 bits per heavy atom. The number of aryl methyl sites for hydroxylation is 1. The molecule has 1 atom stereocenters. The van der Waals surface area contributed by atoms with Crippen molar-refractivity contribution in [2.45, 2.75) is 39.4 Å². The second-order valence-electron chi connectivity index (χ2n) is 4.47. The number of halogens is 1. The van der Waals surface area contributed by atoms with Gasteiger partial charge in [-0.05, 0) is 33.9 Å². The molecule has 0 aliphatic carbocycles. The smallest absolute Gasteiger partial charge is 0.147 e. The quantitative estimate of drug-likeness (QED) is 0.870. The largest absolute Gasteiger partial charge is 0.315 e. The van der Waals surface area contributed by atoms with Crippen molar-refractivity contribution >= 4 is 12.4 Å². The lowest BCUT2D eigenvalue weighted by Crippen LogP contribution is -2.33. The third kappa shape index (κ3) is 3.18. The summed E-state index contributed by atoms with van der Waals surface area (Å²) in [6.45, 7) is 8.21. The maximum Gasteiger partial charge on any atom is 0.147 e. The molecule has 98 valence electrons. The van der Waals surface area contributed by atoms with E-state index in [2.05, 4.69) is 39.0 Å². The summed E-state index contributed by atoms with van der Waals surface area (Å²) in [4.78, 5) is 2.37. The highest BCUT2D eigenvalue weighted by molar-refractivity contribution is 5.85. The van der Waals surface area contributed by atoms with Crippen molar-refractivity contribution in [3.8, 4) is 0 Å². The molecule has 17 heavy (non-hydrogen) atoms. The molecule has 5 nitrogen and oxygen atoms in total. The first kappa shape index (κ1) is 14.4. The number of hydrogen-bond acceptors (Lipinski definition) is 4. The second kappa shape index (κ2) is 6.33. The Morgan fingerprint density at radius 1 is 1.47 bits per heavy atom. The molecule has 1 aromatic rings. The number of aromatic nitrogens is 3. The predicted molar refractivity (Wildman–Crippen MR) is 70.4 cm³/mol. The van der Waals surface area contributed by atoms with Gasteiger partial charge in [0.2, 0.25) is 0 Å². The van der Waals surface area contributed by atoms with Crippen molar-refractivity contribution in [1.29, 1.82) is 0 Å². The molecule has 0 amide bonds. The average Bonchev–Trinajstić information content (AvgIpc) is 2.88. The summed E-state index contributed by atoms with van der Waals surface area (Å²) >= 11 is 0. The standard InChI is InChI=1S/C11H21N5.ClH/c1-4-16-9(2)13-14-11(16)8-15(3)10-5-6-12-7-10;/h10,12H,4-8H2,1-3H3;1H. The van der Waals surface area contributed by atoms with Crippen LogP contribution in [0.15, 0.2) is 0 Å². The SMILES string of the molecule is CCn1c(C)nnc1CN(C)C1CCNC1.Cl. The molecule has 1 unspecified atom stereocenters. The zero-order chi connectivity index (χ0) is 11.5. The van der Waals surface area contributed by atoms with Crippen molar-refractivity contribution in [3.05, 3.63) is 11.6 Å². The van der Waals surface area contributed by atoms with Crippen LogP contribution in [0, 0.1) is 6.92 Å². The summed E-state index contributed by atoms with van der Waals surface area (Å²) < 4.78 is 2.18. The molecule has 6 heteroatoms. The molecule has 0 aromatic carbocycles. The molecule has 1 aliphatic rings. The van der Waals surface area contributed by atoms with Crippen LogP contribution in [0.25, 0.3) is 0 Å². The molecular formula is C11H22ClN5. The van der Waals surface area contributed by atoms with Crippen LogP contribution in [-0.2, 0) is 13.1 Å². The number of rotatable bonds is 4. The monoisotopic (exact) mass is 259 g/mol. The van der Waals surface area contributed by atoms with Crippen LogP contribution in [0.2, 0.25) is 0 Å². The van der Waals surface area contributed by atoms with Crippen LogP contribution in [-0.4, -0.2) is 45.8 Å². The molecule has 2 heterocycles. The van der Waals surface area contributed by atoms with Gasteiger partial charge in [0.15, 0.2) is 0 Å². The molecular weight excluding hydrogens is 238 g/mol. The van der Waals surface area contributed by atoms with E-state index in [1.54, 1.807) is 0 Å². The Hall–Kier alpha value is -0.650. The molecule has 1 saturated heterocycles. The van der Waals surface area contributed by atoms with Gasteiger partial charge < -0.3 is 9.88 Å². The Balaban J connectivity index is 0.00000144. The Morgan fingerprint density at radius 2 is 2.24 bits per heavy atom. The van der Waals surface area contributed by atoms with Crippen molar-refractivity contribution < 1.29 is 0 Å². The van der Waals surface area contributed by atoms with Crippen LogP contribution in [0.4, 0.5) is 0 Å². The van der Waals surface area contributed by atoms with E-state index in [-0.39, 0.29) is 12.4 Å². The maximum atomic E-state index is 4.25. The molecule has 0 bridgehead atoms. The van der Waals surface area contributed by atoms with Crippen molar-refractivity contribution in [1.82, 2.24) is 25.0 Å². The summed E-state index contributed by atoms with van der Waals surface area (Å²) in [5.41, 5.74) is 0. The van der Waals surface area contributed by atoms with Gasteiger partial charge in [0.05, 0.1) is 6.54 Å². The van der Waals surface area contributed by atoms with Crippen molar-refractivity contribution in [2.24, 2.45) is 0 Å². The van der Waals surface area contributed by atoms with E-state index < -0.39 is 0 Å². The summed E-state index contributed by atoms with van der Waals surface area (Å²) in [7, 11) is 2.17. The van der Waals surface area contributed by atoms with Crippen LogP contribution in [0.5, 0.6) is 0 Å². The fourth-order valence-corrected chi connectivity index (χ4v) is 2.32. The average molecular weight is 260 g/mol. The summed E-state index contributed by atoms with van der Waals surface area (Å²) in [6, 6.07) is 0.641. The highest BCUT2D eigenvalue weighted by Crippen LogP contribution is 2.10. The van der Waals surface area contributed by atoms with Crippen LogP contribution in [0.3, 0.4) is 0 Å². The Bertz CT molecular complexity index is 346. The lowest BCUT2D eigenvalue weighted by Gasteiger charge is -2.22. The first-order valence-corrected chi connectivity index (χ1v) is 6.02. The van der Waals surface area contributed by atoms with Gasteiger partial charge in [0, 0.05) is 19.1 Å². The van der Waals surface area contributed by atoms with Gasteiger partial charge in [0.25, 0.3) is 0 Å². The van der Waals surface area contributed by atoms with Gasteiger partial charge in [0.1, 0.15) is 11.6 Å². The summed E-state index contributed by atoms with van der Waals surface area (Å²) in [5.74, 6) is 2.09. The molecule has 1 N–H and O–H groups in total. The molecule has 1 aromatic heterocycles. The second-order valence-corrected chi connectivity index (χ2v) is 4.47. The first-order chi connectivity index (χ1) is 7.72. The van der Waals surface area contributed by atoms with E-state index in [1.807, 2.05) is 6.92 Å². The maximum absolute atomic E-state index is 4.25. The van der Waals surface area contributed by atoms with E-state index in [4.69, 9.17) is 0 Å². The minimum absolute atomic E-state index is 0. The van der Waals surface area contributed by atoms with Gasteiger partial charge in [-0.1, -0.05) is 0 Å². The zero-order valence-corrected chi connectivity index (χ0v) is 11.6. The zero-order valence-electron chi connectivity index (χ0n) is 10.8. The van der Waals surface area contributed by atoms with Gasteiger partial charge >= 0.3 is 0 Å². The van der Waals surface area contributed by atoms with Crippen LogP contribution < -0.4 is 5.32 Å². The summed E-state index contributed by atoms with van der Waals surface area (Å²) in [5, 5.41) is 11.8. The predicted octanol–water partition coefficient (Wildman–Crippen LogP) is 0.822. The van der Waals surface area contributed by atoms with E-state index in [1.165, 1.54) is 6.42 Å². The number of nitrogens with one attached hydrogen (secondary N) is 1. The fourth-order valence-electron chi connectivity index (χ4n) is 2.32. The van der Waals surface area contributed by atoms with Gasteiger partial charge in [-0.3, -0.25) is 4.90 Å². The lowest BCUT2D eigenvalue weighted by atomic mass is 10.2. The normalized spacial score (nSPS) is 19.6. The first-order valence-electron chi connectivity index (χ1n) is 6.02. The molecule has 1 aliphatic heterocycles. The van der Waals surface area contributed by atoms with Crippen molar-refractivity contribution in [3.63, 3.8) is 0 Å². The van der Waals surface area contributed by atoms with Crippen LogP contribution >= 0.6 is 12.4 Å². The lowest BCUT2D eigenvalue weighted by molar-refractivity contribution is 0.239. The molecule has 1 fully saturated rings. The van der Waals surface area contributed by atoms with Gasteiger partial charge in [-0.15, -0.1) is 22.6 Å². The van der Waals surface area contributed by atoms with Crippen molar-refractivity contribution in [2.75, 3.05) is 20.1 Å². The Kier molecular flexibility index (Phi) is 5.36. The molecule has 0 radical (unpaired) electrons. The number of nitrogens with zero attached hydrogens (tertiary/aromatic N) is 4. The molecule has 0 spiro atoms. The van der Waals surface area contributed by atoms with E-state index in [0.717, 1.165) is 37.8 Å². The third-order valence-electron chi connectivity index (χ3n) is 3.38. The van der Waals surface area contributed by atoms with Gasteiger partial charge in [-0.25, -0.2) is 0 Å². The topological polar surface area (TPSA) is 46.0 Å². The minimum Gasteiger partial charge on any atom is -0.315 e. The number of likely N-dealkylation sites (N-methyl/N-ethyl adjacent to an activating group) is 1. The fraction of sp³-hybridized carbons (Fsp3) is 0.818. The molecule has 2 rings (SSSR count). The van der Waals surface area contributed by atoms with E-state index >= 15 is 0 Å². The Labute approximate surface area is 109 Å². The molecule has 0 saturated carbocycles. The highest BCUT2D eigenvalue weighted by atomic mass is 35.5. The third-order valence-corrected chi connectivity index (χ3v) is 3.38. The highest BCUT2D eigenvalue weighted by Gasteiger charge is 2.20. The summed E-state index contributed by atoms with van der Waals surface area (Å²) in [6.07, 6.45) is 1.23. The minimum atomic E-state index is 0.